The number of pyridine rings is 1. The average Bonchev–Trinajstić information content (AvgIpc) is 2.43. The van der Waals surface area contributed by atoms with Crippen molar-refractivity contribution in [3.8, 4) is 0 Å². The van der Waals surface area contributed by atoms with Gasteiger partial charge in [-0.15, -0.1) is 0 Å². The Kier molecular flexibility index (Phi) is 4.56. The molecule has 1 aromatic carbocycles. The highest BCUT2D eigenvalue weighted by molar-refractivity contribution is 5.92. The largest absolute Gasteiger partial charge is 0.365 e. The Morgan fingerprint density at radius 2 is 1.82 bits per heavy atom. The summed E-state index contributed by atoms with van der Waals surface area (Å²) in [6.07, 6.45) is 3.29. The number of nitrogens with zero attached hydrogens (tertiary/aromatic N) is 1. The second-order valence-corrected chi connectivity index (χ2v) is 5.45. The van der Waals surface area contributed by atoms with Gasteiger partial charge >= 0.3 is 0 Å². The highest BCUT2D eigenvalue weighted by Crippen LogP contribution is 2.21. The summed E-state index contributed by atoms with van der Waals surface area (Å²) in [5.41, 5.74) is 9.67. The third-order valence-corrected chi connectivity index (χ3v) is 3.41. The zero-order valence-electron chi connectivity index (χ0n) is 13.0. The van der Waals surface area contributed by atoms with Crippen LogP contribution in [-0.2, 0) is 11.3 Å². The summed E-state index contributed by atoms with van der Waals surface area (Å²) >= 11 is 0. The number of carbonyl (C=O) groups excluding carboxylic acids is 2. The number of nitrogens with one attached hydrogen (secondary N) is 1. The Morgan fingerprint density at radius 1 is 1.18 bits per heavy atom. The predicted molar refractivity (Wildman–Crippen MR) is 84.4 cm³/mol. The zero-order chi connectivity index (χ0) is 16.3. The van der Waals surface area contributed by atoms with Gasteiger partial charge in [0.05, 0.1) is 0 Å². The number of primary amides is 1. The van der Waals surface area contributed by atoms with E-state index in [-0.39, 0.29) is 12.5 Å². The van der Waals surface area contributed by atoms with Crippen LogP contribution in [0.3, 0.4) is 0 Å². The first-order chi connectivity index (χ1) is 10.4. The second-order valence-electron chi connectivity index (χ2n) is 5.45. The number of aromatic nitrogens is 1. The van der Waals surface area contributed by atoms with Crippen molar-refractivity contribution in [2.75, 3.05) is 5.32 Å². The van der Waals surface area contributed by atoms with E-state index >= 15 is 0 Å². The molecular weight excluding hydrogens is 278 g/mol. The molecule has 0 aliphatic carbocycles. The molecule has 3 N–H and O–H groups in total. The highest BCUT2D eigenvalue weighted by Gasteiger charge is 2.14. The Balaban J connectivity index is 2.14. The van der Waals surface area contributed by atoms with Gasteiger partial charge in [0.2, 0.25) is 6.54 Å². The minimum atomic E-state index is -0.514. The van der Waals surface area contributed by atoms with E-state index < -0.39 is 5.91 Å². The minimum Gasteiger partial charge on any atom is -0.365 e. The smallest absolute Gasteiger partial charge is 0.290 e. The number of benzene rings is 1. The molecule has 0 saturated heterocycles. The molecule has 0 unspecified atom stereocenters. The molecule has 2 amide bonds. The van der Waals surface area contributed by atoms with Crippen LogP contribution in [0.2, 0.25) is 0 Å². The van der Waals surface area contributed by atoms with E-state index in [0.29, 0.717) is 5.56 Å². The summed E-state index contributed by atoms with van der Waals surface area (Å²) in [5.74, 6) is -0.665. The minimum absolute atomic E-state index is 0.119. The van der Waals surface area contributed by atoms with Crippen molar-refractivity contribution in [3.05, 3.63) is 58.9 Å². The molecule has 0 aliphatic rings. The van der Waals surface area contributed by atoms with E-state index in [9.17, 15) is 9.59 Å². The average molecular weight is 298 g/mol. The third kappa shape index (κ3) is 3.69. The molecule has 5 nitrogen and oxygen atoms in total. The van der Waals surface area contributed by atoms with Gasteiger partial charge < -0.3 is 11.1 Å². The molecule has 0 aliphatic heterocycles. The number of amides is 2. The molecule has 0 saturated carbocycles. The molecule has 114 valence electrons. The molecular formula is C17H20N3O2+. The first-order valence-electron chi connectivity index (χ1n) is 7.03. The van der Waals surface area contributed by atoms with Gasteiger partial charge in [0.15, 0.2) is 12.4 Å². The van der Waals surface area contributed by atoms with Crippen LogP contribution in [0.4, 0.5) is 5.69 Å². The molecule has 0 atom stereocenters. The summed E-state index contributed by atoms with van der Waals surface area (Å²) in [5, 5.41) is 2.93. The third-order valence-electron chi connectivity index (χ3n) is 3.41. The zero-order valence-corrected chi connectivity index (χ0v) is 13.0. The second kappa shape index (κ2) is 6.39. The van der Waals surface area contributed by atoms with Crippen LogP contribution in [0.25, 0.3) is 0 Å². The number of hydrogen-bond donors (Lipinski definition) is 2. The summed E-state index contributed by atoms with van der Waals surface area (Å²) < 4.78 is 1.63. The normalized spacial score (nSPS) is 10.3. The van der Waals surface area contributed by atoms with E-state index in [1.54, 1.807) is 29.1 Å². The predicted octanol–water partition coefficient (Wildman–Crippen LogP) is 1.64. The number of hydrogen-bond acceptors (Lipinski definition) is 2. The number of nitrogens with two attached hydrogens (primary N) is 1. The standard InChI is InChI=1S/C17H19N3O2/c1-11-7-12(2)16(13(3)8-11)19-15(21)10-20-6-4-5-14(9-20)17(18)22/h4-9H,10H2,1-3H3,(H2-,18,19,21,22)/p+1. The maximum Gasteiger partial charge on any atom is 0.290 e. The van der Waals surface area contributed by atoms with Crippen molar-refractivity contribution in [1.29, 1.82) is 0 Å². The van der Waals surface area contributed by atoms with Crippen LogP contribution in [0, 0.1) is 20.8 Å². The maximum absolute atomic E-state index is 12.2. The van der Waals surface area contributed by atoms with Crippen molar-refractivity contribution in [3.63, 3.8) is 0 Å². The van der Waals surface area contributed by atoms with Gasteiger partial charge in [0.1, 0.15) is 5.56 Å². The van der Waals surface area contributed by atoms with E-state index in [4.69, 9.17) is 5.73 Å². The fourth-order valence-corrected chi connectivity index (χ4v) is 2.49. The van der Waals surface area contributed by atoms with Crippen LogP contribution >= 0.6 is 0 Å². The lowest BCUT2D eigenvalue weighted by Crippen LogP contribution is -2.40. The van der Waals surface area contributed by atoms with Gasteiger partial charge in [-0.05, 0) is 38.0 Å². The van der Waals surface area contributed by atoms with Gasteiger partial charge in [0, 0.05) is 11.8 Å². The van der Waals surface area contributed by atoms with E-state index in [1.165, 1.54) is 0 Å². The molecule has 2 aromatic rings. The van der Waals surface area contributed by atoms with Crippen molar-refractivity contribution in [2.45, 2.75) is 27.3 Å². The van der Waals surface area contributed by atoms with Crippen LogP contribution in [0.1, 0.15) is 27.0 Å². The molecule has 22 heavy (non-hydrogen) atoms. The molecule has 1 heterocycles. The Bertz CT molecular complexity index is 715. The van der Waals surface area contributed by atoms with Crippen molar-refractivity contribution < 1.29 is 14.2 Å². The molecule has 0 spiro atoms. The van der Waals surface area contributed by atoms with E-state index in [0.717, 1.165) is 22.4 Å². The molecule has 0 bridgehead atoms. The van der Waals surface area contributed by atoms with Gasteiger partial charge in [-0.1, -0.05) is 17.7 Å². The first-order valence-corrected chi connectivity index (χ1v) is 7.03. The quantitative estimate of drug-likeness (QED) is 0.842. The first kappa shape index (κ1) is 15.7. The fourth-order valence-electron chi connectivity index (χ4n) is 2.49. The fraction of sp³-hybridized carbons (Fsp3) is 0.235. The van der Waals surface area contributed by atoms with Crippen molar-refractivity contribution in [2.24, 2.45) is 5.73 Å². The Labute approximate surface area is 129 Å². The number of anilines is 1. The summed E-state index contributed by atoms with van der Waals surface area (Å²) in [6.45, 7) is 6.08. The molecule has 0 fully saturated rings. The van der Waals surface area contributed by atoms with Crippen molar-refractivity contribution in [1.82, 2.24) is 0 Å². The Hall–Kier alpha value is -2.69. The molecule has 1 aromatic heterocycles. The molecule has 5 heteroatoms. The lowest BCUT2D eigenvalue weighted by atomic mass is 10.1. The molecule has 0 radical (unpaired) electrons. The van der Waals surface area contributed by atoms with Crippen LogP contribution in [0.5, 0.6) is 0 Å². The number of carbonyl (C=O) groups is 2. The number of rotatable bonds is 4. The van der Waals surface area contributed by atoms with Gasteiger partial charge in [-0.3, -0.25) is 9.59 Å². The Morgan fingerprint density at radius 3 is 2.41 bits per heavy atom. The topological polar surface area (TPSA) is 76.1 Å². The van der Waals surface area contributed by atoms with E-state index in [1.807, 2.05) is 32.9 Å². The van der Waals surface area contributed by atoms with Crippen LogP contribution in [0.15, 0.2) is 36.7 Å². The maximum atomic E-state index is 12.2. The van der Waals surface area contributed by atoms with Crippen LogP contribution in [-0.4, -0.2) is 11.8 Å². The van der Waals surface area contributed by atoms with Gasteiger partial charge in [-0.2, -0.15) is 4.57 Å². The summed E-state index contributed by atoms with van der Waals surface area (Å²) in [4.78, 5) is 23.4. The SMILES string of the molecule is Cc1cc(C)c(NC(=O)C[n+]2cccc(C(N)=O)c2)c(C)c1. The highest BCUT2D eigenvalue weighted by atomic mass is 16.2. The lowest BCUT2D eigenvalue weighted by molar-refractivity contribution is -0.684. The summed E-state index contributed by atoms with van der Waals surface area (Å²) in [6, 6.07) is 7.37. The molecule has 2 rings (SSSR count). The van der Waals surface area contributed by atoms with E-state index in [2.05, 4.69) is 5.32 Å². The monoisotopic (exact) mass is 298 g/mol. The van der Waals surface area contributed by atoms with Crippen molar-refractivity contribution >= 4 is 17.5 Å². The summed E-state index contributed by atoms with van der Waals surface area (Å²) in [7, 11) is 0. The number of aryl methyl sites for hydroxylation is 3. The lowest BCUT2D eigenvalue weighted by Gasteiger charge is -2.11. The van der Waals surface area contributed by atoms with Gasteiger partial charge in [0.25, 0.3) is 11.8 Å². The van der Waals surface area contributed by atoms with Crippen LogP contribution < -0.4 is 15.6 Å². The van der Waals surface area contributed by atoms with Gasteiger partial charge in [-0.25, -0.2) is 0 Å².